The van der Waals surface area contributed by atoms with E-state index in [-0.39, 0.29) is 6.61 Å². The first-order chi connectivity index (χ1) is 10.2. The van der Waals surface area contributed by atoms with Gasteiger partial charge in [0.05, 0.1) is 7.11 Å². The average Bonchev–Trinajstić information content (AvgIpc) is 2.54. The van der Waals surface area contributed by atoms with Crippen LogP contribution in [0.5, 0.6) is 17.2 Å². The SMILES string of the molecule is CCc1ccc(OC(=O)COc2ccccc2OC)cc1. The highest BCUT2D eigenvalue weighted by Crippen LogP contribution is 2.25. The molecule has 2 aromatic rings. The Kier molecular flexibility index (Phi) is 5.21. The van der Waals surface area contributed by atoms with Crippen LogP contribution in [0, 0.1) is 0 Å². The lowest BCUT2D eigenvalue weighted by Gasteiger charge is -2.10. The van der Waals surface area contributed by atoms with Gasteiger partial charge in [-0.3, -0.25) is 0 Å². The zero-order chi connectivity index (χ0) is 15.1. The molecule has 0 amide bonds. The van der Waals surface area contributed by atoms with Gasteiger partial charge in [0.1, 0.15) is 5.75 Å². The molecule has 0 heterocycles. The van der Waals surface area contributed by atoms with Crippen LogP contribution in [0.15, 0.2) is 48.5 Å². The molecule has 0 aromatic heterocycles. The number of aryl methyl sites for hydroxylation is 1. The smallest absolute Gasteiger partial charge is 0.349 e. The number of benzene rings is 2. The van der Waals surface area contributed by atoms with Gasteiger partial charge in [0, 0.05) is 0 Å². The Morgan fingerprint density at radius 1 is 1.00 bits per heavy atom. The van der Waals surface area contributed by atoms with E-state index in [2.05, 4.69) is 6.92 Å². The topological polar surface area (TPSA) is 44.8 Å². The molecule has 4 nitrogen and oxygen atoms in total. The van der Waals surface area contributed by atoms with Crippen molar-refractivity contribution in [1.29, 1.82) is 0 Å². The molecular formula is C17H18O4. The number of carbonyl (C=O) groups is 1. The summed E-state index contributed by atoms with van der Waals surface area (Å²) < 4.78 is 15.8. The summed E-state index contributed by atoms with van der Waals surface area (Å²) in [6, 6.07) is 14.6. The minimum Gasteiger partial charge on any atom is -0.493 e. The van der Waals surface area contributed by atoms with Gasteiger partial charge in [0.15, 0.2) is 18.1 Å². The van der Waals surface area contributed by atoms with Gasteiger partial charge in [-0.05, 0) is 36.2 Å². The highest BCUT2D eigenvalue weighted by molar-refractivity contribution is 5.74. The minimum atomic E-state index is -0.454. The maximum atomic E-state index is 11.8. The Balaban J connectivity index is 1.89. The van der Waals surface area contributed by atoms with Crippen LogP contribution in [-0.4, -0.2) is 19.7 Å². The first-order valence-corrected chi connectivity index (χ1v) is 6.78. The molecule has 0 aliphatic rings. The Morgan fingerprint density at radius 3 is 2.29 bits per heavy atom. The molecule has 4 heteroatoms. The van der Waals surface area contributed by atoms with E-state index < -0.39 is 5.97 Å². The molecule has 2 aromatic carbocycles. The molecule has 21 heavy (non-hydrogen) atoms. The second kappa shape index (κ2) is 7.33. The van der Waals surface area contributed by atoms with Crippen molar-refractivity contribution in [3.05, 3.63) is 54.1 Å². The molecule has 0 unspecified atom stereocenters. The third-order valence-corrected chi connectivity index (χ3v) is 2.98. The van der Waals surface area contributed by atoms with Crippen LogP contribution in [0.4, 0.5) is 0 Å². The molecule has 0 atom stereocenters. The lowest BCUT2D eigenvalue weighted by atomic mass is 10.2. The molecule has 2 rings (SSSR count). The lowest BCUT2D eigenvalue weighted by Crippen LogP contribution is -2.17. The summed E-state index contributed by atoms with van der Waals surface area (Å²) in [5, 5.41) is 0. The predicted molar refractivity (Wildman–Crippen MR) is 79.9 cm³/mol. The summed E-state index contributed by atoms with van der Waals surface area (Å²) in [6.45, 7) is 1.90. The second-order valence-corrected chi connectivity index (χ2v) is 4.41. The van der Waals surface area contributed by atoms with Crippen LogP contribution < -0.4 is 14.2 Å². The Bertz CT molecular complexity index is 590. The van der Waals surface area contributed by atoms with Gasteiger partial charge in [-0.2, -0.15) is 0 Å². The first-order valence-electron chi connectivity index (χ1n) is 6.78. The molecular weight excluding hydrogens is 268 g/mol. The fraction of sp³-hybridized carbons (Fsp3) is 0.235. The summed E-state index contributed by atoms with van der Waals surface area (Å²) in [5.74, 6) is 1.15. The zero-order valence-corrected chi connectivity index (χ0v) is 12.2. The summed E-state index contributed by atoms with van der Waals surface area (Å²) >= 11 is 0. The largest absolute Gasteiger partial charge is 0.493 e. The van der Waals surface area contributed by atoms with E-state index in [0.717, 1.165) is 6.42 Å². The van der Waals surface area contributed by atoms with Gasteiger partial charge in [0.2, 0.25) is 0 Å². The third-order valence-electron chi connectivity index (χ3n) is 2.98. The summed E-state index contributed by atoms with van der Waals surface area (Å²) in [7, 11) is 1.55. The number of para-hydroxylation sites is 2. The standard InChI is InChI=1S/C17H18O4/c1-3-13-8-10-14(11-9-13)21-17(18)12-20-16-7-5-4-6-15(16)19-2/h4-11H,3,12H2,1-2H3. The molecule has 0 saturated heterocycles. The highest BCUT2D eigenvalue weighted by Gasteiger charge is 2.09. The first kappa shape index (κ1) is 14.9. The van der Waals surface area contributed by atoms with E-state index >= 15 is 0 Å². The summed E-state index contributed by atoms with van der Waals surface area (Å²) in [6.07, 6.45) is 0.950. The van der Waals surface area contributed by atoms with Gasteiger partial charge < -0.3 is 14.2 Å². The maximum absolute atomic E-state index is 11.8. The fourth-order valence-corrected chi connectivity index (χ4v) is 1.83. The molecule has 0 aliphatic heterocycles. The Hall–Kier alpha value is -2.49. The quantitative estimate of drug-likeness (QED) is 0.604. The van der Waals surface area contributed by atoms with E-state index in [1.807, 2.05) is 24.3 Å². The average molecular weight is 286 g/mol. The van der Waals surface area contributed by atoms with Crippen molar-refractivity contribution in [2.75, 3.05) is 13.7 Å². The van der Waals surface area contributed by atoms with Crippen LogP contribution in [-0.2, 0) is 11.2 Å². The molecule has 0 spiro atoms. The van der Waals surface area contributed by atoms with E-state index in [1.54, 1.807) is 31.4 Å². The molecule has 0 N–H and O–H groups in total. The number of carbonyl (C=O) groups excluding carboxylic acids is 1. The summed E-state index contributed by atoms with van der Waals surface area (Å²) in [4.78, 5) is 11.8. The monoisotopic (exact) mass is 286 g/mol. The Labute approximate surface area is 124 Å². The Morgan fingerprint density at radius 2 is 1.67 bits per heavy atom. The van der Waals surface area contributed by atoms with Crippen molar-refractivity contribution in [1.82, 2.24) is 0 Å². The molecule has 110 valence electrons. The molecule has 0 aliphatic carbocycles. The van der Waals surface area contributed by atoms with E-state index in [0.29, 0.717) is 17.2 Å². The predicted octanol–water partition coefficient (Wildman–Crippen LogP) is 3.24. The van der Waals surface area contributed by atoms with Gasteiger partial charge in [0.25, 0.3) is 0 Å². The lowest BCUT2D eigenvalue weighted by molar-refractivity contribution is -0.136. The van der Waals surface area contributed by atoms with Crippen LogP contribution in [0.2, 0.25) is 0 Å². The maximum Gasteiger partial charge on any atom is 0.349 e. The van der Waals surface area contributed by atoms with Crippen molar-refractivity contribution >= 4 is 5.97 Å². The van der Waals surface area contributed by atoms with Crippen LogP contribution in [0.3, 0.4) is 0 Å². The summed E-state index contributed by atoms with van der Waals surface area (Å²) in [5.41, 5.74) is 1.19. The molecule has 0 radical (unpaired) electrons. The fourth-order valence-electron chi connectivity index (χ4n) is 1.83. The zero-order valence-electron chi connectivity index (χ0n) is 12.2. The number of rotatable bonds is 6. The van der Waals surface area contributed by atoms with Gasteiger partial charge in [-0.1, -0.05) is 31.2 Å². The number of hydrogen-bond acceptors (Lipinski definition) is 4. The molecule has 0 fully saturated rings. The van der Waals surface area contributed by atoms with Crippen molar-refractivity contribution in [3.8, 4) is 17.2 Å². The normalized spacial score (nSPS) is 10.0. The molecule has 0 saturated carbocycles. The number of esters is 1. The van der Waals surface area contributed by atoms with Crippen molar-refractivity contribution in [3.63, 3.8) is 0 Å². The van der Waals surface area contributed by atoms with Crippen LogP contribution in [0.25, 0.3) is 0 Å². The van der Waals surface area contributed by atoms with E-state index in [1.165, 1.54) is 5.56 Å². The van der Waals surface area contributed by atoms with Crippen LogP contribution in [0.1, 0.15) is 12.5 Å². The van der Waals surface area contributed by atoms with Gasteiger partial charge in [-0.25, -0.2) is 4.79 Å². The van der Waals surface area contributed by atoms with Crippen molar-refractivity contribution in [2.24, 2.45) is 0 Å². The van der Waals surface area contributed by atoms with E-state index in [4.69, 9.17) is 14.2 Å². The van der Waals surface area contributed by atoms with Crippen LogP contribution >= 0.6 is 0 Å². The van der Waals surface area contributed by atoms with E-state index in [9.17, 15) is 4.79 Å². The number of hydrogen-bond donors (Lipinski definition) is 0. The van der Waals surface area contributed by atoms with Crippen molar-refractivity contribution < 1.29 is 19.0 Å². The highest BCUT2D eigenvalue weighted by atomic mass is 16.6. The van der Waals surface area contributed by atoms with Crippen molar-refractivity contribution in [2.45, 2.75) is 13.3 Å². The van der Waals surface area contributed by atoms with Gasteiger partial charge >= 0.3 is 5.97 Å². The number of ether oxygens (including phenoxy) is 3. The minimum absolute atomic E-state index is 0.171. The number of methoxy groups -OCH3 is 1. The van der Waals surface area contributed by atoms with Gasteiger partial charge in [-0.15, -0.1) is 0 Å². The molecule has 0 bridgehead atoms. The second-order valence-electron chi connectivity index (χ2n) is 4.41. The third kappa shape index (κ3) is 4.24.